The molecule has 1 aliphatic heterocycles. The van der Waals surface area contributed by atoms with Gasteiger partial charge in [-0.3, -0.25) is 10.1 Å². The van der Waals surface area contributed by atoms with Crippen LogP contribution in [0.4, 0.5) is 11.8 Å². The molecule has 0 spiro atoms. The molecule has 1 N–H and O–H groups in total. The molecule has 8 nitrogen and oxygen atoms in total. The molecule has 0 saturated carbocycles. The summed E-state index contributed by atoms with van der Waals surface area (Å²) < 4.78 is 10.8. The lowest BCUT2D eigenvalue weighted by Crippen LogP contribution is -2.45. The van der Waals surface area contributed by atoms with Gasteiger partial charge in [0, 0.05) is 38.5 Å². The molecule has 0 bridgehead atoms. The van der Waals surface area contributed by atoms with E-state index in [-0.39, 0.29) is 5.91 Å². The lowest BCUT2D eigenvalue weighted by molar-refractivity contribution is -0.114. The van der Waals surface area contributed by atoms with E-state index in [9.17, 15) is 4.79 Å². The number of nitrogens with zero attached hydrogens (tertiary/aromatic N) is 4. The first kappa shape index (κ1) is 20.9. The van der Waals surface area contributed by atoms with Crippen LogP contribution in [-0.2, 0) is 4.79 Å². The van der Waals surface area contributed by atoms with E-state index in [0.717, 1.165) is 54.0 Å². The average Bonchev–Trinajstić information content (AvgIpc) is 2.78. The molecule has 1 amide bonds. The second kappa shape index (κ2) is 8.77. The third kappa shape index (κ3) is 4.39. The molecule has 0 radical (unpaired) electrons. The Morgan fingerprint density at radius 1 is 0.935 bits per heavy atom. The van der Waals surface area contributed by atoms with Crippen LogP contribution < -0.4 is 19.7 Å². The average molecular weight is 422 g/mol. The standard InChI is InChI=1S/C23H27N5O3/c1-15(29)24-23-25-19-7-5-16(17-6-8-20(30-3)21(14-17)31-4)13-18(19)22(26-23)28-11-9-27(2)10-12-28/h5-8,13-14H,9-12H2,1-4H3,(H,24,25,26,29). The fourth-order valence-corrected chi connectivity index (χ4v) is 3.78. The van der Waals surface area contributed by atoms with Crippen molar-refractivity contribution < 1.29 is 14.3 Å². The largest absolute Gasteiger partial charge is 0.493 e. The number of carbonyl (C=O) groups excluding carboxylic acids is 1. The van der Waals surface area contributed by atoms with Crippen molar-refractivity contribution >= 4 is 28.6 Å². The maximum atomic E-state index is 11.6. The molecule has 162 valence electrons. The Bertz CT molecular complexity index is 1110. The minimum absolute atomic E-state index is 0.189. The molecular weight excluding hydrogens is 394 g/mol. The summed E-state index contributed by atoms with van der Waals surface area (Å²) in [5.74, 6) is 2.34. The molecule has 2 aromatic carbocycles. The van der Waals surface area contributed by atoms with E-state index in [1.807, 2.05) is 30.3 Å². The monoisotopic (exact) mass is 421 g/mol. The Balaban J connectivity index is 1.82. The number of amides is 1. The molecule has 1 aromatic heterocycles. The zero-order valence-electron chi connectivity index (χ0n) is 18.3. The molecule has 0 aliphatic carbocycles. The first-order valence-electron chi connectivity index (χ1n) is 10.2. The van der Waals surface area contributed by atoms with Crippen molar-refractivity contribution in [2.24, 2.45) is 0 Å². The van der Waals surface area contributed by atoms with E-state index < -0.39 is 0 Å². The van der Waals surface area contributed by atoms with Crippen LogP contribution in [0.2, 0.25) is 0 Å². The normalized spacial score (nSPS) is 14.5. The molecule has 2 heterocycles. The lowest BCUT2D eigenvalue weighted by Gasteiger charge is -2.33. The van der Waals surface area contributed by atoms with Crippen LogP contribution in [0.3, 0.4) is 0 Å². The number of anilines is 2. The minimum Gasteiger partial charge on any atom is -0.493 e. The maximum absolute atomic E-state index is 11.6. The molecule has 3 aromatic rings. The van der Waals surface area contributed by atoms with Crippen LogP contribution in [0, 0.1) is 0 Å². The van der Waals surface area contributed by atoms with Gasteiger partial charge in [-0.05, 0) is 42.4 Å². The Morgan fingerprint density at radius 2 is 1.61 bits per heavy atom. The summed E-state index contributed by atoms with van der Waals surface area (Å²) >= 11 is 0. The molecule has 1 fully saturated rings. The first-order chi connectivity index (χ1) is 15.0. The van der Waals surface area contributed by atoms with E-state index in [1.54, 1.807) is 14.2 Å². The van der Waals surface area contributed by atoms with Crippen molar-refractivity contribution in [1.29, 1.82) is 0 Å². The smallest absolute Gasteiger partial charge is 0.231 e. The number of hydrogen-bond donors (Lipinski definition) is 1. The number of likely N-dealkylation sites (N-methyl/N-ethyl adjacent to an activating group) is 1. The molecule has 4 rings (SSSR count). The van der Waals surface area contributed by atoms with E-state index in [1.165, 1.54) is 6.92 Å². The SMILES string of the molecule is COc1ccc(-c2ccc3nc(NC(C)=O)nc(N4CCN(C)CC4)c3c2)cc1OC. The lowest BCUT2D eigenvalue weighted by atomic mass is 10.0. The number of benzene rings is 2. The van der Waals surface area contributed by atoms with Gasteiger partial charge in [0.2, 0.25) is 11.9 Å². The number of nitrogens with one attached hydrogen (secondary N) is 1. The van der Waals surface area contributed by atoms with Crippen LogP contribution in [-0.4, -0.2) is 68.2 Å². The summed E-state index contributed by atoms with van der Waals surface area (Å²) in [5.41, 5.74) is 2.83. The molecule has 8 heteroatoms. The number of methoxy groups -OCH3 is 2. The summed E-state index contributed by atoms with van der Waals surface area (Å²) in [6.07, 6.45) is 0. The fraction of sp³-hybridized carbons (Fsp3) is 0.348. The van der Waals surface area contributed by atoms with Crippen LogP contribution in [0.1, 0.15) is 6.92 Å². The Labute approximate surface area is 181 Å². The number of ether oxygens (including phenoxy) is 2. The van der Waals surface area contributed by atoms with Crippen LogP contribution in [0.15, 0.2) is 36.4 Å². The third-order valence-corrected chi connectivity index (χ3v) is 5.48. The van der Waals surface area contributed by atoms with Gasteiger partial charge in [0.05, 0.1) is 19.7 Å². The highest BCUT2D eigenvalue weighted by molar-refractivity contribution is 5.96. The van der Waals surface area contributed by atoms with Crippen LogP contribution >= 0.6 is 0 Å². The number of fused-ring (bicyclic) bond motifs is 1. The topological polar surface area (TPSA) is 79.8 Å². The number of aromatic nitrogens is 2. The van der Waals surface area contributed by atoms with Crippen molar-refractivity contribution in [2.75, 3.05) is 57.7 Å². The number of piperazine rings is 1. The van der Waals surface area contributed by atoms with Crippen molar-refractivity contribution in [3.63, 3.8) is 0 Å². The number of hydrogen-bond acceptors (Lipinski definition) is 7. The highest BCUT2D eigenvalue weighted by Gasteiger charge is 2.20. The van der Waals surface area contributed by atoms with Crippen LogP contribution in [0.5, 0.6) is 11.5 Å². The fourth-order valence-electron chi connectivity index (χ4n) is 3.78. The molecule has 0 unspecified atom stereocenters. The highest BCUT2D eigenvalue weighted by atomic mass is 16.5. The van der Waals surface area contributed by atoms with E-state index >= 15 is 0 Å². The van der Waals surface area contributed by atoms with Gasteiger partial charge in [-0.2, -0.15) is 4.98 Å². The summed E-state index contributed by atoms with van der Waals surface area (Å²) in [5, 5.41) is 3.68. The molecular formula is C23H27N5O3. The zero-order valence-corrected chi connectivity index (χ0v) is 18.3. The predicted molar refractivity (Wildman–Crippen MR) is 122 cm³/mol. The molecule has 1 saturated heterocycles. The van der Waals surface area contributed by atoms with Crippen LogP contribution in [0.25, 0.3) is 22.0 Å². The quantitative estimate of drug-likeness (QED) is 0.678. The molecule has 0 atom stereocenters. The maximum Gasteiger partial charge on any atom is 0.231 e. The summed E-state index contributed by atoms with van der Waals surface area (Å²) in [6, 6.07) is 11.9. The van der Waals surface area contributed by atoms with Crippen molar-refractivity contribution in [2.45, 2.75) is 6.92 Å². The van der Waals surface area contributed by atoms with E-state index in [2.05, 4.69) is 33.2 Å². The van der Waals surface area contributed by atoms with E-state index in [4.69, 9.17) is 14.5 Å². The van der Waals surface area contributed by atoms with E-state index in [0.29, 0.717) is 17.4 Å². The van der Waals surface area contributed by atoms with Gasteiger partial charge in [0.1, 0.15) is 5.82 Å². The van der Waals surface area contributed by atoms with Crippen molar-refractivity contribution in [3.8, 4) is 22.6 Å². The van der Waals surface area contributed by atoms with Gasteiger partial charge >= 0.3 is 0 Å². The first-order valence-corrected chi connectivity index (χ1v) is 10.2. The highest BCUT2D eigenvalue weighted by Crippen LogP contribution is 2.35. The van der Waals surface area contributed by atoms with Gasteiger partial charge in [-0.25, -0.2) is 4.98 Å². The van der Waals surface area contributed by atoms with Crippen molar-refractivity contribution in [1.82, 2.24) is 14.9 Å². The summed E-state index contributed by atoms with van der Waals surface area (Å²) in [4.78, 5) is 25.4. The Hall–Kier alpha value is -3.39. The second-order valence-corrected chi connectivity index (χ2v) is 7.64. The Kier molecular flexibility index (Phi) is 5.90. The Morgan fingerprint density at radius 3 is 2.29 bits per heavy atom. The molecule has 1 aliphatic rings. The summed E-state index contributed by atoms with van der Waals surface area (Å²) in [7, 11) is 5.37. The predicted octanol–water partition coefficient (Wildman–Crippen LogP) is 3.02. The van der Waals surface area contributed by atoms with Gasteiger partial charge in [-0.1, -0.05) is 12.1 Å². The minimum atomic E-state index is -0.189. The zero-order chi connectivity index (χ0) is 22.0. The number of carbonyl (C=O) groups is 1. The molecule has 31 heavy (non-hydrogen) atoms. The second-order valence-electron chi connectivity index (χ2n) is 7.64. The summed E-state index contributed by atoms with van der Waals surface area (Å²) in [6.45, 7) is 5.10. The van der Waals surface area contributed by atoms with Crippen molar-refractivity contribution in [3.05, 3.63) is 36.4 Å². The van der Waals surface area contributed by atoms with Gasteiger partial charge in [-0.15, -0.1) is 0 Å². The number of rotatable bonds is 5. The third-order valence-electron chi connectivity index (χ3n) is 5.48. The van der Waals surface area contributed by atoms with Gasteiger partial charge in [0.25, 0.3) is 0 Å². The van der Waals surface area contributed by atoms with Gasteiger partial charge in [0.15, 0.2) is 11.5 Å². The van der Waals surface area contributed by atoms with Gasteiger partial charge < -0.3 is 19.3 Å².